The lowest BCUT2D eigenvalue weighted by atomic mass is 10.1. The van der Waals surface area contributed by atoms with Crippen molar-refractivity contribution in [2.24, 2.45) is 7.05 Å². The maximum atomic E-state index is 5.54. The molecule has 0 saturated heterocycles. The Balaban J connectivity index is 1.88. The van der Waals surface area contributed by atoms with E-state index >= 15 is 0 Å². The Labute approximate surface area is 120 Å². The number of hydrogen-bond donors (Lipinski definition) is 0. The summed E-state index contributed by atoms with van der Waals surface area (Å²) in [6, 6.07) is 14.4. The largest absolute Gasteiger partial charge is 0.356 e. The van der Waals surface area contributed by atoms with Crippen LogP contribution < -0.4 is 0 Å². The van der Waals surface area contributed by atoms with Crippen LogP contribution in [-0.4, -0.2) is 9.72 Å². The molecule has 0 spiro atoms. The normalized spacial score (nSPS) is 11.2. The Morgan fingerprint density at radius 1 is 1.15 bits per heavy atom. The Morgan fingerprint density at radius 2 is 2.05 bits per heavy atom. The van der Waals surface area contributed by atoms with Gasteiger partial charge in [-0.3, -0.25) is 0 Å². The van der Waals surface area contributed by atoms with Gasteiger partial charge in [0.05, 0.1) is 4.88 Å². The van der Waals surface area contributed by atoms with E-state index in [0.717, 1.165) is 21.9 Å². The lowest BCUT2D eigenvalue weighted by Gasteiger charge is -1.93. The molecule has 1 aromatic carbocycles. The van der Waals surface area contributed by atoms with Gasteiger partial charge in [0.15, 0.2) is 5.76 Å². The second-order valence-electron chi connectivity index (χ2n) is 4.72. The summed E-state index contributed by atoms with van der Waals surface area (Å²) in [5, 5.41) is 7.40. The van der Waals surface area contributed by atoms with Crippen LogP contribution >= 0.6 is 11.3 Å². The summed E-state index contributed by atoms with van der Waals surface area (Å²) >= 11 is 1.67. The molecule has 0 unspecified atom stereocenters. The third-order valence-corrected chi connectivity index (χ3v) is 4.34. The van der Waals surface area contributed by atoms with Gasteiger partial charge in [-0.15, -0.1) is 11.3 Å². The average molecular weight is 280 g/mol. The van der Waals surface area contributed by atoms with Crippen LogP contribution in [0.4, 0.5) is 0 Å². The molecule has 0 radical (unpaired) electrons. The summed E-state index contributed by atoms with van der Waals surface area (Å²) in [5.74, 6) is 0.810. The first-order chi connectivity index (χ1) is 9.83. The first-order valence-electron chi connectivity index (χ1n) is 6.38. The zero-order valence-corrected chi connectivity index (χ0v) is 11.7. The molecule has 0 saturated carbocycles. The molecule has 4 rings (SSSR count). The van der Waals surface area contributed by atoms with Gasteiger partial charge in [0.1, 0.15) is 5.69 Å². The molecule has 0 bridgehead atoms. The van der Waals surface area contributed by atoms with Gasteiger partial charge < -0.3 is 9.09 Å². The number of hydrogen-bond acceptors (Lipinski definition) is 3. The van der Waals surface area contributed by atoms with Crippen LogP contribution in [0.2, 0.25) is 0 Å². The Kier molecular flexibility index (Phi) is 2.50. The van der Waals surface area contributed by atoms with E-state index < -0.39 is 0 Å². The molecule has 98 valence electrons. The fraction of sp³-hybridized carbons (Fsp3) is 0.0625. The highest BCUT2D eigenvalue weighted by Crippen LogP contribution is 2.33. The van der Waals surface area contributed by atoms with Gasteiger partial charge in [-0.05, 0) is 17.5 Å². The Bertz CT molecular complexity index is 871. The van der Waals surface area contributed by atoms with E-state index in [1.807, 2.05) is 36.7 Å². The number of para-hydroxylation sites is 1. The maximum Gasteiger partial charge on any atom is 0.169 e. The minimum atomic E-state index is 0.810. The molecule has 3 heterocycles. The molecule has 3 aromatic heterocycles. The molecule has 0 aliphatic heterocycles. The van der Waals surface area contributed by atoms with Crippen molar-refractivity contribution >= 4 is 22.2 Å². The minimum absolute atomic E-state index is 0.810. The molecule has 20 heavy (non-hydrogen) atoms. The predicted octanol–water partition coefficient (Wildman–Crippen LogP) is 4.56. The highest BCUT2D eigenvalue weighted by atomic mass is 32.1. The molecule has 4 aromatic rings. The zero-order valence-electron chi connectivity index (χ0n) is 10.9. The third kappa shape index (κ3) is 1.69. The van der Waals surface area contributed by atoms with Gasteiger partial charge >= 0.3 is 0 Å². The van der Waals surface area contributed by atoms with Gasteiger partial charge in [0.2, 0.25) is 0 Å². The summed E-state index contributed by atoms with van der Waals surface area (Å²) in [6.07, 6.45) is 2.09. The van der Waals surface area contributed by atoms with Crippen LogP contribution in [0, 0.1) is 0 Å². The number of fused-ring (bicyclic) bond motifs is 1. The molecular formula is C16H12N2OS. The molecule has 0 fully saturated rings. The predicted molar refractivity (Wildman–Crippen MR) is 81.7 cm³/mol. The summed E-state index contributed by atoms with van der Waals surface area (Å²) in [6.45, 7) is 0. The second kappa shape index (κ2) is 4.35. The number of nitrogens with zero attached hydrogens (tertiary/aromatic N) is 2. The molecule has 0 aliphatic rings. The fourth-order valence-corrected chi connectivity index (χ4v) is 3.16. The number of thiophene rings is 1. The van der Waals surface area contributed by atoms with Crippen LogP contribution in [-0.2, 0) is 7.05 Å². The van der Waals surface area contributed by atoms with E-state index in [-0.39, 0.29) is 0 Å². The summed E-state index contributed by atoms with van der Waals surface area (Å²) in [5.41, 5.74) is 3.16. The van der Waals surface area contributed by atoms with Crippen molar-refractivity contribution in [3.63, 3.8) is 0 Å². The summed E-state index contributed by atoms with van der Waals surface area (Å²) in [7, 11) is 2.04. The molecule has 0 aliphatic carbocycles. The Morgan fingerprint density at radius 3 is 2.90 bits per heavy atom. The van der Waals surface area contributed by atoms with Crippen molar-refractivity contribution in [2.45, 2.75) is 0 Å². The molecule has 0 N–H and O–H groups in total. The lowest BCUT2D eigenvalue weighted by molar-refractivity contribution is 0.435. The highest BCUT2D eigenvalue weighted by molar-refractivity contribution is 7.13. The van der Waals surface area contributed by atoms with E-state index in [2.05, 4.69) is 34.1 Å². The second-order valence-corrected chi connectivity index (χ2v) is 5.67. The van der Waals surface area contributed by atoms with Crippen LogP contribution in [0.5, 0.6) is 0 Å². The van der Waals surface area contributed by atoms with E-state index in [1.165, 1.54) is 10.9 Å². The van der Waals surface area contributed by atoms with E-state index in [1.54, 1.807) is 11.3 Å². The Hall–Kier alpha value is -2.33. The maximum absolute atomic E-state index is 5.54. The molecular weight excluding hydrogens is 268 g/mol. The molecule has 0 atom stereocenters. The van der Waals surface area contributed by atoms with Crippen molar-refractivity contribution in [1.29, 1.82) is 0 Å². The monoisotopic (exact) mass is 280 g/mol. The van der Waals surface area contributed by atoms with Gasteiger partial charge in [0.25, 0.3) is 0 Å². The van der Waals surface area contributed by atoms with Gasteiger partial charge in [0, 0.05) is 35.8 Å². The summed E-state index contributed by atoms with van der Waals surface area (Å²) in [4.78, 5) is 1.13. The topological polar surface area (TPSA) is 31.0 Å². The SMILES string of the molecule is Cn1cc(-c2cc(-c3cccs3)no2)c2ccccc21. The number of aromatic nitrogens is 2. The van der Waals surface area contributed by atoms with Crippen molar-refractivity contribution < 1.29 is 4.52 Å². The number of rotatable bonds is 2. The number of benzene rings is 1. The smallest absolute Gasteiger partial charge is 0.169 e. The van der Waals surface area contributed by atoms with Crippen molar-refractivity contribution in [3.8, 4) is 21.9 Å². The first-order valence-corrected chi connectivity index (χ1v) is 7.26. The van der Waals surface area contributed by atoms with Crippen LogP contribution in [0.3, 0.4) is 0 Å². The van der Waals surface area contributed by atoms with Crippen molar-refractivity contribution in [2.75, 3.05) is 0 Å². The van der Waals surface area contributed by atoms with E-state index in [4.69, 9.17) is 4.52 Å². The highest BCUT2D eigenvalue weighted by Gasteiger charge is 2.14. The molecule has 0 amide bonds. The van der Waals surface area contributed by atoms with Gasteiger partial charge in [-0.2, -0.15) is 0 Å². The van der Waals surface area contributed by atoms with Crippen LogP contribution in [0.15, 0.2) is 58.6 Å². The molecule has 4 heteroatoms. The number of aryl methyl sites for hydroxylation is 1. The standard InChI is InChI=1S/C16H12N2OS/c1-18-10-12(11-5-2-3-6-14(11)18)15-9-13(17-19-15)16-7-4-8-20-16/h2-10H,1H3. The van der Waals surface area contributed by atoms with Crippen molar-refractivity contribution in [3.05, 3.63) is 54.0 Å². The fourth-order valence-electron chi connectivity index (χ4n) is 2.48. The average Bonchev–Trinajstić information content (AvgIpc) is 3.17. The van der Waals surface area contributed by atoms with Crippen LogP contribution in [0.1, 0.15) is 0 Å². The molecule has 3 nitrogen and oxygen atoms in total. The third-order valence-electron chi connectivity index (χ3n) is 3.45. The van der Waals surface area contributed by atoms with E-state index in [9.17, 15) is 0 Å². The van der Waals surface area contributed by atoms with Gasteiger partial charge in [-0.25, -0.2) is 0 Å². The summed E-state index contributed by atoms with van der Waals surface area (Å²) < 4.78 is 7.65. The quantitative estimate of drug-likeness (QED) is 0.539. The minimum Gasteiger partial charge on any atom is -0.356 e. The first kappa shape index (κ1) is 11.5. The van der Waals surface area contributed by atoms with Gasteiger partial charge in [-0.1, -0.05) is 29.4 Å². The zero-order chi connectivity index (χ0) is 13.5. The van der Waals surface area contributed by atoms with E-state index in [0.29, 0.717) is 0 Å². The van der Waals surface area contributed by atoms with Crippen molar-refractivity contribution in [1.82, 2.24) is 9.72 Å². The van der Waals surface area contributed by atoms with Crippen LogP contribution in [0.25, 0.3) is 32.8 Å². The lowest BCUT2D eigenvalue weighted by Crippen LogP contribution is -1.81.